The molecule has 2 heterocycles. The molecule has 2 aromatic heterocycles. The Bertz CT molecular complexity index is 675. The molecule has 92 valence electrons. The van der Waals surface area contributed by atoms with Gasteiger partial charge in [0, 0.05) is 11.1 Å². The minimum atomic E-state index is -0.308. The summed E-state index contributed by atoms with van der Waals surface area (Å²) in [5, 5.41) is 15.4. The molecule has 7 heteroatoms. The van der Waals surface area contributed by atoms with Gasteiger partial charge >= 0.3 is 4.87 Å². The largest absolute Gasteiger partial charge is 0.315 e. The quantitative estimate of drug-likeness (QED) is 0.930. The van der Waals surface area contributed by atoms with Crippen molar-refractivity contribution < 1.29 is 4.79 Å². The Hall–Kier alpha value is -1.91. The Kier molecular flexibility index (Phi) is 3.60. The standard InChI is InChI=1S/C11H9N3O2S2/c1-7-6-18-11(16)14(7)5-9(15)13-10-8(4-12)2-3-17-10/h2-3,6H,5H2,1H3,(H,13,15). The minimum absolute atomic E-state index is 0.0308. The van der Waals surface area contributed by atoms with Crippen LogP contribution in [0.2, 0.25) is 0 Å². The molecular weight excluding hydrogens is 270 g/mol. The summed E-state index contributed by atoms with van der Waals surface area (Å²) < 4.78 is 1.40. The highest BCUT2D eigenvalue weighted by Gasteiger charge is 2.11. The van der Waals surface area contributed by atoms with Crippen LogP contribution >= 0.6 is 22.7 Å². The fraction of sp³-hybridized carbons (Fsp3) is 0.182. The molecule has 0 atom stereocenters. The van der Waals surface area contributed by atoms with Gasteiger partial charge in [0.25, 0.3) is 0 Å². The van der Waals surface area contributed by atoms with Gasteiger partial charge in [0.2, 0.25) is 5.91 Å². The molecular formula is C11H9N3O2S2. The maximum absolute atomic E-state index is 11.8. The van der Waals surface area contributed by atoms with Crippen LogP contribution in [-0.2, 0) is 11.3 Å². The Balaban J connectivity index is 2.11. The van der Waals surface area contributed by atoms with Gasteiger partial charge in [-0.2, -0.15) is 5.26 Å². The van der Waals surface area contributed by atoms with Crippen molar-refractivity contribution >= 4 is 33.6 Å². The zero-order chi connectivity index (χ0) is 13.1. The lowest BCUT2D eigenvalue weighted by Gasteiger charge is -2.05. The van der Waals surface area contributed by atoms with Gasteiger partial charge in [-0.15, -0.1) is 11.3 Å². The number of nitrogens with zero attached hydrogens (tertiary/aromatic N) is 2. The van der Waals surface area contributed by atoms with E-state index < -0.39 is 0 Å². The van der Waals surface area contributed by atoms with Crippen molar-refractivity contribution in [3.8, 4) is 6.07 Å². The Morgan fingerprint density at radius 1 is 1.56 bits per heavy atom. The van der Waals surface area contributed by atoms with E-state index in [0.29, 0.717) is 10.6 Å². The Morgan fingerprint density at radius 2 is 2.33 bits per heavy atom. The third-order valence-electron chi connectivity index (χ3n) is 2.32. The Morgan fingerprint density at radius 3 is 2.94 bits per heavy atom. The van der Waals surface area contributed by atoms with E-state index in [4.69, 9.17) is 5.26 Å². The topological polar surface area (TPSA) is 74.9 Å². The second-order valence-electron chi connectivity index (χ2n) is 3.55. The van der Waals surface area contributed by atoms with E-state index in [-0.39, 0.29) is 17.3 Å². The number of carbonyl (C=O) groups is 1. The molecule has 2 aromatic rings. The smallest absolute Gasteiger partial charge is 0.307 e. The van der Waals surface area contributed by atoms with Crippen LogP contribution in [0.1, 0.15) is 11.3 Å². The molecule has 0 saturated heterocycles. The van der Waals surface area contributed by atoms with Crippen molar-refractivity contribution in [3.05, 3.63) is 37.8 Å². The number of aryl methyl sites for hydroxylation is 1. The van der Waals surface area contributed by atoms with E-state index in [1.807, 2.05) is 6.07 Å². The van der Waals surface area contributed by atoms with Gasteiger partial charge in [0.1, 0.15) is 17.6 Å². The number of nitrogens with one attached hydrogen (secondary N) is 1. The summed E-state index contributed by atoms with van der Waals surface area (Å²) in [6.45, 7) is 1.74. The predicted octanol–water partition coefficient (Wildman–Crippen LogP) is 1.79. The maximum Gasteiger partial charge on any atom is 0.307 e. The van der Waals surface area contributed by atoms with Crippen LogP contribution in [0.25, 0.3) is 0 Å². The molecule has 0 aliphatic heterocycles. The van der Waals surface area contributed by atoms with E-state index in [1.54, 1.807) is 23.8 Å². The third-order valence-corrected chi connectivity index (χ3v) is 4.03. The van der Waals surface area contributed by atoms with Crippen molar-refractivity contribution in [2.45, 2.75) is 13.5 Å². The third kappa shape index (κ3) is 2.50. The monoisotopic (exact) mass is 279 g/mol. The second kappa shape index (κ2) is 5.16. The minimum Gasteiger partial charge on any atom is -0.315 e. The van der Waals surface area contributed by atoms with Crippen LogP contribution in [0.5, 0.6) is 0 Å². The number of nitriles is 1. The number of thiazole rings is 1. The van der Waals surface area contributed by atoms with Gasteiger partial charge in [-0.3, -0.25) is 14.2 Å². The zero-order valence-electron chi connectivity index (χ0n) is 9.47. The molecule has 2 rings (SSSR count). The van der Waals surface area contributed by atoms with Crippen LogP contribution in [0.15, 0.2) is 21.6 Å². The van der Waals surface area contributed by atoms with Crippen molar-refractivity contribution in [2.75, 3.05) is 5.32 Å². The van der Waals surface area contributed by atoms with Gasteiger partial charge in [-0.1, -0.05) is 11.3 Å². The molecule has 0 aliphatic rings. The van der Waals surface area contributed by atoms with Crippen molar-refractivity contribution in [1.29, 1.82) is 5.26 Å². The summed E-state index contributed by atoms with van der Waals surface area (Å²) in [6.07, 6.45) is 0. The fourth-order valence-electron chi connectivity index (χ4n) is 1.40. The van der Waals surface area contributed by atoms with E-state index in [1.165, 1.54) is 15.9 Å². The van der Waals surface area contributed by atoms with Gasteiger partial charge in [-0.25, -0.2) is 0 Å². The van der Waals surface area contributed by atoms with Crippen LogP contribution < -0.4 is 10.2 Å². The zero-order valence-corrected chi connectivity index (χ0v) is 11.1. The first-order valence-electron chi connectivity index (χ1n) is 5.04. The summed E-state index contributed by atoms with van der Waals surface area (Å²) in [4.78, 5) is 23.1. The summed E-state index contributed by atoms with van der Waals surface area (Å²) in [5.74, 6) is -0.308. The van der Waals surface area contributed by atoms with Crippen molar-refractivity contribution in [3.63, 3.8) is 0 Å². The maximum atomic E-state index is 11.8. The molecule has 1 N–H and O–H groups in total. The SMILES string of the molecule is Cc1csc(=O)n1CC(=O)Nc1sccc1C#N. The molecule has 5 nitrogen and oxygen atoms in total. The number of amides is 1. The number of aromatic nitrogens is 1. The lowest BCUT2D eigenvalue weighted by Crippen LogP contribution is -2.25. The molecule has 0 bridgehead atoms. The molecule has 0 unspecified atom stereocenters. The lowest BCUT2D eigenvalue weighted by molar-refractivity contribution is -0.116. The summed E-state index contributed by atoms with van der Waals surface area (Å²) in [6, 6.07) is 3.63. The predicted molar refractivity (Wildman–Crippen MR) is 71.0 cm³/mol. The Labute approximate surface area is 111 Å². The molecule has 18 heavy (non-hydrogen) atoms. The summed E-state index contributed by atoms with van der Waals surface area (Å²) >= 11 is 2.35. The van der Waals surface area contributed by atoms with Crippen LogP contribution in [0.3, 0.4) is 0 Å². The van der Waals surface area contributed by atoms with E-state index in [0.717, 1.165) is 17.0 Å². The molecule has 1 amide bonds. The highest BCUT2D eigenvalue weighted by atomic mass is 32.1. The van der Waals surface area contributed by atoms with Crippen LogP contribution in [0, 0.1) is 18.3 Å². The summed E-state index contributed by atoms with van der Waals surface area (Å²) in [7, 11) is 0. The number of hydrogen-bond acceptors (Lipinski definition) is 5. The van der Waals surface area contributed by atoms with E-state index in [9.17, 15) is 9.59 Å². The van der Waals surface area contributed by atoms with Gasteiger partial charge in [-0.05, 0) is 18.4 Å². The number of rotatable bonds is 3. The lowest BCUT2D eigenvalue weighted by atomic mass is 10.3. The highest BCUT2D eigenvalue weighted by molar-refractivity contribution is 7.14. The van der Waals surface area contributed by atoms with E-state index >= 15 is 0 Å². The number of anilines is 1. The first-order chi connectivity index (χ1) is 8.61. The molecule has 0 spiro atoms. The number of carbonyl (C=O) groups excluding carboxylic acids is 1. The normalized spacial score (nSPS) is 10.0. The molecule has 0 saturated carbocycles. The van der Waals surface area contributed by atoms with Crippen molar-refractivity contribution in [2.24, 2.45) is 0 Å². The highest BCUT2D eigenvalue weighted by Crippen LogP contribution is 2.21. The molecule has 0 aliphatic carbocycles. The van der Waals surface area contributed by atoms with Crippen LogP contribution in [0.4, 0.5) is 5.00 Å². The average molecular weight is 279 g/mol. The number of hydrogen-bond donors (Lipinski definition) is 1. The van der Waals surface area contributed by atoms with Gasteiger partial charge in [0.15, 0.2) is 0 Å². The molecule has 0 radical (unpaired) electrons. The van der Waals surface area contributed by atoms with Crippen LogP contribution in [-0.4, -0.2) is 10.5 Å². The second-order valence-corrected chi connectivity index (χ2v) is 5.29. The first kappa shape index (κ1) is 12.5. The van der Waals surface area contributed by atoms with Gasteiger partial charge in [0.05, 0.1) is 5.56 Å². The summed E-state index contributed by atoms with van der Waals surface area (Å²) in [5.41, 5.74) is 1.19. The van der Waals surface area contributed by atoms with E-state index in [2.05, 4.69) is 5.32 Å². The number of thiophene rings is 1. The van der Waals surface area contributed by atoms with Gasteiger partial charge < -0.3 is 5.32 Å². The first-order valence-corrected chi connectivity index (χ1v) is 6.80. The average Bonchev–Trinajstić information content (AvgIpc) is 2.90. The van der Waals surface area contributed by atoms with Crippen molar-refractivity contribution in [1.82, 2.24) is 4.57 Å². The fourth-order valence-corrected chi connectivity index (χ4v) is 2.89. The molecule has 0 fully saturated rings. The molecule has 0 aromatic carbocycles.